The summed E-state index contributed by atoms with van der Waals surface area (Å²) in [7, 11) is 0. The molecule has 1 saturated heterocycles. The van der Waals surface area contributed by atoms with E-state index in [2.05, 4.69) is 5.32 Å². The molecule has 0 unspecified atom stereocenters. The number of fused-ring (bicyclic) bond motifs is 1. The van der Waals surface area contributed by atoms with E-state index in [1.54, 1.807) is 0 Å². The van der Waals surface area contributed by atoms with Gasteiger partial charge in [0.25, 0.3) is 5.91 Å². The zero-order valence-electron chi connectivity index (χ0n) is 13.4. The van der Waals surface area contributed by atoms with Crippen LogP contribution in [0.3, 0.4) is 0 Å². The van der Waals surface area contributed by atoms with E-state index >= 15 is 0 Å². The van der Waals surface area contributed by atoms with Gasteiger partial charge in [0.2, 0.25) is 11.8 Å². The molecule has 7 heteroatoms. The van der Waals surface area contributed by atoms with Crippen molar-refractivity contribution in [2.24, 2.45) is 17.8 Å². The van der Waals surface area contributed by atoms with Crippen molar-refractivity contribution >= 4 is 23.7 Å². The molecule has 3 amide bonds. The molecule has 0 saturated carbocycles. The molecule has 0 spiro atoms. The number of carbonyl (C=O) groups is 4. The predicted molar refractivity (Wildman–Crippen MR) is 80.9 cm³/mol. The first-order valence-electron chi connectivity index (χ1n) is 7.82. The Hall–Kier alpha value is -2.18. The molecule has 1 fully saturated rings. The maximum absolute atomic E-state index is 12.2. The highest BCUT2D eigenvalue weighted by atomic mass is 16.5. The number of carbonyl (C=O) groups excluding carboxylic acids is 4. The van der Waals surface area contributed by atoms with E-state index in [0.717, 1.165) is 4.90 Å². The average Bonchev–Trinajstić information content (AvgIpc) is 2.76. The number of imide groups is 1. The van der Waals surface area contributed by atoms with Crippen LogP contribution < -0.4 is 5.32 Å². The lowest BCUT2D eigenvalue weighted by molar-refractivity contribution is -0.154. The number of hydrogen-bond acceptors (Lipinski definition) is 5. The molecule has 7 nitrogen and oxygen atoms in total. The molecule has 2 atom stereocenters. The number of hydrogen-bond donors (Lipinski definition) is 1. The van der Waals surface area contributed by atoms with Gasteiger partial charge in [0.1, 0.15) is 6.54 Å². The molecule has 0 radical (unpaired) electrons. The normalized spacial score (nSPS) is 23.2. The van der Waals surface area contributed by atoms with Gasteiger partial charge in [0.05, 0.1) is 11.8 Å². The second-order valence-corrected chi connectivity index (χ2v) is 6.28. The number of ether oxygens (including phenoxy) is 1. The van der Waals surface area contributed by atoms with Crippen molar-refractivity contribution in [2.45, 2.75) is 26.7 Å². The number of esters is 1. The van der Waals surface area contributed by atoms with E-state index in [9.17, 15) is 19.2 Å². The topological polar surface area (TPSA) is 92.8 Å². The third-order valence-electron chi connectivity index (χ3n) is 3.96. The lowest BCUT2D eigenvalue weighted by Gasteiger charge is -2.14. The van der Waals surface area contributed by atoms with Crippen molar-refractivity contribution < 1.29 is 23.9 Å². The van der Waals surface area contributed by atoms with Gasteiger partial charge in [-0.3, -0.25) is 24.1 Å². The van der Waals surface area contributed by atoms with Crippen LogP contribution in [0.1, 0.15) is 26.7 Å². The molecule has 126 valence electrons. The van der Waals surface area contributed by atoms with Gasteiger partial charge in [-0.15, -0.1) is 0 Å². The lowest BCUT2D eigenvalue weighted by Crippen LogP contribution is -2.38. The Morgan fingerprint density at radius 2 is 1.78 bits per heavy atom. The SMILES string of the molecule is CC(C)CNC(=O)COC(=O)CN1C(=O)[C@H]2CC=CC[C@@H]2C1=O. The molecule has 1 heterocycles. The number of amides is 3. The van der Waals surface area contributed by atoms with Crippen LogP contribution in [-0.4, -0.2) is 48.3 Å². The summed E-state index contributed by atoms with van der Waals surface area (Å²) in [5.41, 5.74) is 0. The van der Waals surface area contributed by atoms with E-state index in [1.165, 1.54) is 0 Å². The molecule has 0 bridgehead atoms. The highest BCUT2D eigenvalue weighted by Gasteiger charge is 2.47. The summed E-state index contributed by atoms with van der Waals surface area (Å²) in [4.78, 5) is 48.6. The van der Waals surface area contributed by atoms with Crippen LogP contribution in [0.15, 0.2) is 12.2 Å². The lowest BCUT2D eigenvalue weighted by atomic mass is 9.85. The van der Waals surface area contributed by atoms with Gasteiger partial charge >= 0.3 is 5.97 Å². The van der Waals surface area contributed by atoms with E-state index in [1.807, 2.05) is 26.0 Å². The molecule has 1 aliphatic carbocycles. The quantitative estimate of drug-likeness (QED) is 0.430. The summed E-state index contributed by atoms with van der Waals surface area (Å²) in [6.45, 7) is 3.56. The number of rotatable bonds is 6. The van der Waals surface area contributed by atoms with E-state index < -0.39 is 25.0 Å². The van der Waals surface area contributed by atoms with Gasteiger partial charge in [0.15, 0.2) is 6.61 Å². The van der Waals surface area contributed by atoms with Crippen molar-refractivity contribution in [3.63, 3.8) is 0 Å². The fourth-order valence-corrected chi connectivity index (χ4v) is 2.71. The van der Waals surface area contributed by atoms with Crippen LogP contribution in [0.4, 0.5) is 0 Å². The molecular formula is C16H22N2O5. The molecule has 23 heavy (non-hydrogen) atoms. The zero-order chi connectivity index (χ0) is 17.0. The Labute approximate surface area is 135 Å². The van der Waals surface area contributed by atoms with Crippen LogP contribution in [-0.2, 0) is 23.9 Å². The second kappa shape index (κ2) is 7.39. The number of likely N-dealkylation sites (tertiary alicyclic amines) is 1. The molecule has 1 N–H and O–H groups in total. The molecular weight excluding hydrogens is 300 g/mol. The third kappa shape index (κ3) is 4.18. The van der Waals surface area contributed by atoms with Crippen molar-refractivity contribution in [2.75, 3.05) is 19.7 Å². The van der Waals surface area contributed by atoms with Gasteiger partial charge in [-0.25, -0.2) is 0 Å². The first kappa shape index (κ1) is 17.2. The minimum Gasteiger partial charge on any atom is -0.454 e. The third-order valence-corrected chi connectivity index (χ3v) is 3.96. The monoisotopic (exact) mass is 322 g/mol. The Bertz CT molecular complexity index is 515. The average molecular weight is 322 g/mol. The minimum atomic E-state index is -0.752. The Kier molecular flexibility index (Phi) is 5.52. The first-order chi connectivity index (χ1) is 10.9. The fourth-order valence-electron chi connectivity index (χ4n) is 2.71. The number of nitrogens with zero attached hydrogens (tertiary/aromatic N) is 1. The standard InChI is InChI=1S/C16H22N2O5/c1-10(2)7-17-13(19)9-23-14(20)8-18-15(21)11-5-3-4-6-12(11)16(18)22/h3-4,10-12H,5-9H2,1-2H3,(H,17,19)/t11-,12-/m0/s1. The zero-order valence-corrected chi connectivity index (χ0v) is 13.4. The molecule has 0 aromatic rings. The van der Waals surface area contributed by atoms with E-state index in [-0.39, 0.29) is 23.7 Å². The van der Waals surface area contributed by atoms with Crippen molar-refractivity contribution in [3.05, 3.63) is 12.2 Å². The number of allylic oxidation sites excluding steroid dienone is 2. The summed E-state index contributed by atoms with van der Waals surface area (Å²) >= 11 is 0. The summed E-state index contributed by atoms with van der Waals surface area (Å²) in [6, 6.07) is 0. The molecule has 0 aromatic heterocycles. The van der Waals surface area contributed by atoms with Crippen LogP contribution in [0, 0.1) is 17.8 Å². The summed E-state index contributed by atoms with van der Waals surface area (Å²) in [5.74, 6) is -2.24. The Morgan fingerprint density at radius 3 is 2.30 bits per heavy atom. The van der Waals surface area contributed by atoms with Crippen LogP contribution >= 0.6 is 0 Å². The number of nitrogens with one attached hydrogen (secondary N) is 1. The van der Waals surface area contributed by atoms with Gasteiger partial charge in [-0.2, -0.15) is 0 Å². The van der Waals surface area contributed by atoms with Crippen molar-refractivity contribution in [3.8, 4) is 0 Å². The van der Waals surface area contributed by atoms with Gasteiger partial charge < -0.3 is 10.1 Å². The van der Waals surface area contributed by atoms with Gasteiger partial charge in [-0.1, -0.05) is 26.0 Å². The summed E-state index contributed by atoms with van der Waals surface area (Å²) in [6.07, 6.45) is 4.82. The largest absolute Gasteiger partial charge is 0.454 e. The maximum atomic E-state index is 12.2. The summed E-state index contributed by atoms with van der Waals surface area (Å²) < 4.78 is 4.84. The molecule has 0 aromatic carbocycles. The first-order valence-corrected chi connectivity index (χ1v) is 7.82. The highest BCUT2D eigenvalue weighted by molar-refractivity contribution is 6.07. The van der Waals surface area contributed by atoms with Gasteiger partial charge in [-0.05, 0) is 18.8 Å². The Balaban J connectivity index is 1.80. The van der Waals surface area contributed by atoms with E-state index in [0.29, 0.717) is 25.3 Å². The molecule has 2 aliphatic rings. The highest BCUT2D eigenvalue weighted by Crippen LogP contribution is 2.34. The van der Waals surface area contributed by atoms with Crippen LogP contribution in [0.25, 0.3) is 0 Å². The van der Waals surface area contributed by atoms with E-state index in [4.69, 9.17) is 4.74 Å². The fraction of sp³-hybridized carbons (Fsp3) is 0.625. The van der Waals surface area contributed by atoms with Crippen molar-refractivity contribution in [1.29, 1.82) is 0 Å². The maximum Gasteiger partial charge on any atom is 0.326 e. The molecule has 2 rings (SSSR count). The van der Waals surface area contributed by atoms with Crippen LogP contribution in [0.5, 0.6) is 0 Å². The van der Waals surface area contributed by atoms with Crippen molar-refractivity contribution in [1.82, 2.24) is 10.2 Å². The summed E-state index contributed by atoms with van der Waals surface area (Å²) in [5, 5.41) is 2.62. The Morgan fingerprint density at radius 1 is 1.22 bits per heavy atom. The second-order valence-electron chi connectivity index (χ2n) is 6.28. The smallest absolute Gasteiger partial charge is 0.326 e. The predicted octanol–water partition coefficient (Wildman–Crippen LogP) is 0.253. The molecule has 1 aliphatic heterocycles. The minimum absolute atomic E-state index is 0.298. The van der Waals surface area contributed by atoms with Crippen LogP contribution in [0.2, 0.25) is 0 Å². The van der Waals surface area contributed by atoms with Gasteiger partial charge in [0, 0.05) is 6.54 Å².